The summed E-state index contributed by atoms with van der Waals surface area (Å²) in [6.45, 7) is 9.91. The van der Waals surface area contributed by atoms with Gasteiger partial charge in [-0.25, -0.2) is 0 Å². The number of carbonyl (C=O) groups is 1. The zero-order valence-corrected chi connectivity index (χ0v) is 12.4. The number of carbonyl (C=O) groups excluding carboxylic acids is 1. The highest BCUT2D eigenvalue weighted by Crippen LogP contribution is 2.27. The van der Waals surface area contributed by atoms with E-state index in [1.54, 1.807) is 0 Å². The molecule has 0 saturated heterocycles. The van der Waals surface area contributed by atoms with E-state index < -0.39 is 0 Å². The van der Waals surface area contributed by atoms with Gasteiger partial charge < -0.3 is 9.64 Å². The van der Waals surface area contributed by atoms with Crippen molar-refractivity contribution in [3.63, 3.8) is 0 Å². The summed E-state index contributed by atoms with van der Waals surface area (Å²) >= 11 is 0. The van der Waals surface area contributed by atoms with E-state index in [2.05, 4.69) is 27.7 Å². The molecule has 0 amide bonds. The van der Waals surface area contributed by atoms with Crippen molar-refractivity contribution in [2.45, 2.75) is 47.0 Å². The summed E-state index contributed by atoms with van der Waals surface area (Å²) in [7, 11) is 3.96. The van der Waals surface area contributed by atoms with Gasteiger partial charge in [0.05, 0.1) is 5.92 Å². The Morgan fingerprint density at radius 3 is 2.29 bits per heavy atom. The van der Waals surface area contributed by atoms with Crippen LogP contribution in [0, 0.1) is 11.3 Å². The van der Waals surface area contributed by atoms with Crippen molar-refractivity contribution in [1.82, 2.24) is 4.90 Å². The molecule has 0 aliphatic carbocycles. The number of hydrogen-bond acceptors (Lipinski definition) is 3. The van der Waals surface area contributed by atoms with Crippen LogP contribution in [0.15, 0.2) is 0 Å². The molecule has 0 N–H and O–H groups in total. The number of ether oxygens (including phenoxy) is 1. The van der Waals surface area contributed by atoms with E-state index in [1.165, 1.54) is 0 Å². The lowest BCUT2D eigenvalue weighted by Crippen LogP contribution is -2.26. The molecule has 0 aromatic heterocycles. The van der Waals surface area contributed by atoms with Crippen molar-refractivity contribution in [3.05, 3.63) is 0 Å². The number of hydrogen-bond donors (Lipinski definition) is 0. The third-order valence-corrected chi connectivity index (χ3v) is 2.61. The predicted molar refractivity (Wildman–Crippen MR) is 72.0 cm³/mol. The van der Waals surface area contributed by atoms with Crippen molar-refractivity contribution in [2.24, 2.45) is 11.3 Å². The molecule has 1 unspecified atom stereocenters. The molecule has 0 rings (SSSR count). The Balaban J connectivity index is 4.15. The Morgan fingerprint density at radius 2 is 1.88 bits per heavy atom. The lowest BCUT2D eigenvalue weighted by atomic mass is 9.83. The van der Waals surface area contributed by atoms with Crippen molar-refractivity contribution in [3.8, 4) is 0 Å². The average molecular weight is 243 g/mol. The van der Waals surface area contributed by atoms with Gasteiger partial charge in [-0.05, 0) is 32.4 Å². The first-order valence-electron chi connectivity index (χ1n) is 6.57. The van der Waals surface area contributed by atoms with Gasteiger partial charge in [-0.3, -0.25) is 4.79 Å². The van der Waals surface area contributed by atoms with Crippen LogP contribution >= 0.6 is 0 Å². The number of likely N-dealkylation sites (N-methyl/N-ethyl adjacent to an activating group) is 1. The molecule has 1 atom stereocenters. The van der Waals surface area contributed by atoms with E-state index in [4.69, 9.17) is 4.74 Å². The molecule has 0 spiro atoms. The molecule has 0 bridgehead atoms. The molecule has 0 fully saturated rings. The molecule has 0 saturated carbocycles. The summed E-state index contributed by atoms with van der Waals surface area (Å²) < 4.78 is 5.33. The topological polar surface area (TPSA) is 29.5 Å². The second-order valence-corrected chi connectivity index (χ2v) is 6.22. The summed E-state index contributed by atoms with van der Waals surface area (Å²) in [5.74, 6) is 0.0331. The Labute approximate surface area is 107 Å². The van der Waals surface area contributed by atoms with Crippen molar-refractivity contribution < 1.29 is 9.53 Å². The zero-order valence-electron chi connectivity index (χ0n) is 12.4. The number of nitrogens with zero attached hydrogens (tertiary/aromatic N) is 1. The first-order chi connectivity index (χ1) is 7.76. The van der Waals surface area contributed by atoms with E-state index in [0.717, 1.165) is 25.8 Å². The van der Waals surface area contributed by atoms with Gasteiger partial charge >= 0.3 is 5.97 Å². The molecule has 3 heteroatoms. The molecule has 0 aromatic rings. The molecule has 0 aromatic carbocycles. The van der Waals surface area contributed by atoms with Gasteiger partial charge in [0.1, 0.15) is 6.61 Å². The summed E-state index contributed by atoms with van der Waals surface area (Å²) in [4.78, 5) is 14.0. The SMILES string of the molecule is CCCC(CC(C)(C)C)C(=O)OCCN(C)C. The van der Waals surface area contributed by atoms with E-state index >= 15 is 0 Å². The van der Waals surface area contributed by atoms with Gasteiger partial charge in [0.25, 0.3) is 0 Å². The van der Waals surface area contributed by atoms with Crippen LogP contribution in [0.1, 0.15) is 47.0 Å². The Hall–Kier alpha value is -0.570. The third-order valence-electron chi connectivity index (χ3n) is 2.61. The van der Waals surface area contributed by atoms with E-state index in [0.29, 0.717) is 6.61 Å². The lowest BCUT2D eigenvalue weighted by Gasteiger charge is -2.24. The van der Waals surface area contributed by atoms with E-state index in [9.17, 15) is 4.79 Å². The second-order valence-electron chi connectivity index (χ2n) is 6.22. The minimum absolute atomic E-state index is 0.0244. The zero-order chi connectivity index (χ0) is 13.5. The fourth-order valence-electron chi connectivity index (χ4n) is 1.84. The molecule has 0 aliphatic rings. The highest BCUT2D eigenvalue weighted by Gasteiger charge is 2.25. The maximum Gasteiger partial charge on any atom is 0.308 e. The minimum atomic E-state index is -0.0244. The van der Waals surface area contributed by atoms with Crippen LogP contribution in [0.5, 0.6) is 0 Å². The molecular weight excluding hydrogens is 214 g/mol. The predicted octanol–water partition coefficient (Wildman–Crippen LogP) is 2.94. The Bertz CT molecular complexity index is 219. The minimum Gasteiger partial charge on any atom is -0.464 e. The molecule has 0 heterocycles. The summed E-state index contributed by atoms with van der Waals surface area (Å²) in [6.07, 6.45) is 2.86. The number of rotatable bonds is 7. The van der Waals surface area contributed by atoms with Crippen molar-refractivity contribution in [1.29, 1.82) is 0 Å². The highest BCUT2D eigenvalue weighted by atomic mass is 16.5. The monoisotopic (exact) mass is 243 g/mol. The highest BCUT2D eigenvalue weighted by molar-refractivity contribution is 5.72. The smallest absolute Gasteiger partial charge is 0.308 e. The van der Waals surface area contributed by atoms with Gasteiger partial charge in [0.2, 0.25) is 0 Å². The van der Waals surface area contributed by atoms with Crippen LogP contribution in [0.4, 0.5) is 0 Å². The molecule has 102 valence electrons. The second kappa shape index (κ2) is 7.70. The van der Waals surface area contributed by atoms with Crippen LogP contribution in [-0.4, -0.2) is 38.1 Å². The molecular formula is C14H29NO2. The first kappa shape index (κ1) is 16.4. The molecule has 17 heavy (non-hydrogen) atoms. The molecule has 0 radical (unpaired) electrons. The molecule has 0 aliphatic heterocycles. The van der Waals surface area contributed by atoms with Gasteiger partial charge in [-0.2, -0.15) is 0 Å². The van der Waals surface area contributed by atoms with Crippen LogP contribution in [-0.2, 0) is 9.53 Å². The van der Waals surface area contributed by atoms with Gasteiger partial charge in [-0.15, -0.1) is 0 Å². The Morgan fingerprint density at radius 1 is 1.29 bits per heavy atom. The van der Waals surface area contributed by atoms with Crippen LogP contribution in [0.3, 0.4) is 0 Å². The van der Waals surface area contributed by atoms with Crippen LogP contribution < -0.4 is 0 Å². The lowest BCUT2D eigenvalue weighted by molar-refractivity contribution is -0.150. The summed E-state index contributed by atoms with van der Waals surface area (Å²) in [5.41, 5.74) is 0.181. The maximum absolute atomic E-state index is 12.0. The first-order valence-corrected chi connectivity index (χ1v) is 6.57. The van der Waals surface area contributed by atoms with Crippen LogP contribution in [0.2, 0.25) is 0 Å². The van der Waals surface area contributed by atoms with Gasteiger partial charge in [0, 0.05) is 6.54 Å². The average Bonchev–Trinajstić information content (AvgIpc) is 2.14. The van der Waals surface area contributed by atoms with Crippen LogP contribution in [0.25, 0.3) is 0 Å². The van der Waals surface area contributed by atoms with Gasteiger partial charge in [-0.1, -0.05) is 34.1 Å². The van der Waals surface area contributed by atoms with E-state index in [1.807, 2.05) is 19.0 Å². The normalized spacial score (nSPS) is 13.8. The van der Waals surface area contributed by atoms with E-state index in [-0.39, 0.29) is 17.3 Å². The largest absolute Gasteiger partial charge is 0.464 e. The summed E-state index contributed by atoms with van der Waals surface area (Å²) in [6, 6.07) is 0. The number of esters is 1. The Kier molecular flexibility index (Phi) is 7.44. The quantitative estimate of drug-likeness (QED) is 0.644. The van der Waals surface area contributed by atoms with Crippen molar-refractivity contribution >= 4 is 5.97 Å². The maximum atomic E-state index is 12.0. The van der Waals surface area contributed by atoms with Gasteiger partial charge in [0.15, 0.2) is 0 Å². The summed E-state index contributed by atoms with van der Waals surface area (Å²) in [5, 5.41) is 0. The van der Waals surface area contributed by atoms with Crippen molar-refractivity contribution in [2.75, 3.05) is 27.2 Å². The standard InChI is InChI=1S/C14H29NO2/c1-7-8-12(11-14(2,3)4)13(16)17-10-9-15(5)6/h12H,7-11H2,1-6H3. The molecule has 3 nitrogen and oxygen atoms in total. The fraction of sp³-hybridized carbons (Fsp3) is 0.929. The third kappa shape index (κ3) is 9.16. The fourth-order valence-corrected chi connectivity index (χ4v) is 1.84.